The van der Waals surface area contributed by atoms with Gasteiger partial charge in [-0.1, -0.05) is 6.07 Å². The molecule has 0 bridgehead atoms. The smallest absolute Gasteiger partial charge is 0.264 e. The van der Waals surface area contributed by atoms with Gasteiger partial charge in [0.15, 0.2) is 0 Å². The molecule has 0 amide bonds. The highest BCUT2D eigenvalue weighted by Crippen LogP contribution is 1.76. The van der Waals surface area contributed by atoms with Crippen LogP contribution in [0.2, 0.25) is 0 Å². The molecule has 0 saturated heterocycles. The van der Waals surface area contributed by atoms with Crippen LogP contribution in [0, 0.1) is 0 Å². The number of pyridine rings is 1. The fourth-order valence-electron chi connectivity index (χ4n) is 0.313. The van der Waals surface area contributed by atoms with E-state index >= 15 is 0 Å². The first kappa shape index (κ1) is 11.1. The summed E-state index contributed by atoms with van der Waals surface area (Å²) < 4.78 is 23.5. The molecular formula is C7H11NO3S. The molecule has 0 aliphatic heterocycles. The Kier molecular flexibility index (Phi) is 5.23. The van der Waals surface area contributed by atoms with Gasteiger partial charge in [-0.15, -0.1) is 0 Å². The molecule has 5 heteroatoms. The quantitative estimate of drug-likeness (QED) is 0.609. The first-order valence-corrected chi connectivity index (χ1v) is 4.98. The van der Waals surface area contributed by atoms with Crippen molar-refractivity contribution in [2.75, 3.05) is 13.4 Å². The second-order valence-electron chi connectivity index (χ2n) is 1.90. The summed E-state index contributed by atoms with van der Waals surface area (Å²) in [6.45, 7) is 0. The zero-order chi connectivity index (χ0) is 9.45. The van der Waals surface area contributed by atoms with Crippen LogP contribution in [0.25, 0.3) is 0 Å². The summed E-state index contributed by atoms with van der Waals surface area (Å²) in [5, 5.41) is 0. The van der Waals surface area contributed by atoms with Gasteiger partial charge < -0.3 is 0 Å². The SMILES string of the molecule is COS(C)(=O)=O.c1ccncc1. The van der Waals surface area contributed by atoms with Crippen LogP contribution >= 0.6 is 0 Å². The van der Waals surface area contributed by atoms with E-state index in [-0.39, 0.29) is 0 Å². The molecule has 0 saturated carbocycles. The van der Waals surface area contributed by atoms with Crippen molar-refractivity contribution < 1.29 is 12.6 Å². The Bertz CT molecular complexity index is 256. The fourth-order valence-corrected chi connectivity index (χ4v) is 0.313. The van der Waals surface area contributed by atoms with Crippen LogP contribution in [0.15, 0.2) is 30.6 Å². The van der Waals surface area contributed by atoms with Crippen molar-refractivity contribution in [1.82, 2.24) is 4.98 Å². The summed E-state index contributed by atoms with van der Waals surface area (Å²) in [7, 11) is -2.04. The predicted molar refractivity (Wildman–Crippen MR) is 46.1 cm³/mol. The van der Waals surface area contributed by atoms with Crippen molar-refractivity contribution in [3.05, 3.63) is 30.6 Å². The molecule has 1 heterocycles. The summed E-state index contributed by atoms with van der Waals surface area (Å²) in [5.74, 6) is 0. The highest BCUT2D eigenvalue weighted by atomic mass is 32.2. The zero-order valence-electron chi connectivity index (χ0n) is 6.97. The minimum Gasteiger partial charge on any atom is -0.274 e. The highest BCUT2D eigenvalue weighted by Gasteiger charge is 1.90. The van der Waals surface area contributed by atoms with Crippen molar-refractivity contribution in [2.45, 2.75) is 0 Å². The molecule has 0 aromatic carbocycles. The van der Waals surface area contributed by atoms with E-state index in [1.807, 2.05) is 18.2 Å². The van der Waals surface area contributed by atoms with Crippen LogP contribution in [0.4, 0.5) is 0 Å². The van der Waals surface area contributed by atoms with Crippen molar-refractivity contribution in [3.63, 3.8) is 0 Å². The predicted octanol–water partition coefficient (Wildman–Crippen LogP) is 0.674. The van der Waals surface area contributed by atoms with E-state index in [0.717, 1.165) is 13.4 Å². The molecule has 0 fully saturated rings. The average molecular weight is 189 g/mol. The zero-order valence-corrected chi connectivity index (χ0v) is 7.78. The Labute approximate surface area is 72.3 Å². The maximum absolute atomic E-state index is 9.78. The monoisotopic (exact) mass is 189 g/mol. The molecule has 12 heavy (non-hydrogen) atoms. The van der Waals surface area contributed by atoms with Gasteiger partial charge >= 0.3 is 0 Å². The molecule has 0 radical (unpaired) electrons. The van der Waals surface area contributed by atoms with Gasteiger partial charge in [0.2, 0.25) is 0 Å². The standard InChI is InChI=1S/C5H5N.C2H6O3S/c1-2-4-6-5-3-1;1-5-6(2,3)4/h1-5H;1-2H3. The molecule has 0 unspecified atom stereocenters. The second-order valence-corrected chi connectivity index (χ2v) is 3.64. The van der Waals surface area contributed by atoms with Gasteiger partial charge in [-0.05, 0) is 12.1 Å². The average Bonchev–Trinajstić information content (AvgIpc) is 2.07. The number of hydrogen-bond donors (Lipinski definition) is 0. The van der Waals surface area contributed by atoms with E-state index in [1.54, 1.807) is 12.4 Å². The summed E-state index contributed by atoms with van der Waals surface area (Å²) in [5.41, 5.74) is 0. The van der Waals surface area contributed by atoms with Gasteiger partial charge in [-0.2, -0.15) is 8.42 Å². The Balaban J connectivity index is 0.000000202. The van der Waals surface area contributed by atoms with Crippen molar-refractivity contribution in [2.24, 2.45) is 0 Å². The minimum atomic E-state index is -3.16. The van der Waals surface area contributed by atoms with E-state index in [1.165, 1.54) is 0 Å². The van der Waals surface area contributed by atoms with Crippen LogP contribution in [0.1, 0.15) is 0 Å². The minimum absolute atomic E-state index is 0.993. The Morgan fingerprint density at radius 3 is 1.67 bits per heavy atom. The molecule has 1 aromatic heterocycles. The molecule has 1 rings (SSSR count). The first-order valence-electron chi connectivity index (χ1n) is 3.17. The van der Waals surface area contributed by atoms with Gasteiger partial charge in [0.05, 0.1) is 13.4 Å². The molecule has 68 valence electrons. The highest BCUT2D eigenvalue weighted by molar-refractivity contribution is 7.85. The first-order chi connectivity index (χ1) is 5.56. The summed E-state index contributed by atoms with van der Waals surface area (Å²) in [6, 6.07) is 5.72. The Morgan fingerprint density at radius 1 is 1.17 bits per heavy atom. The maximum atomic E-state index is 9.78. The van der Waals surface area contributed by atoms with Gasteiger partial charge in [-0.3, -0.25) is 9.17 Å². The fraction of sp³-hybridized carbons (Fsp3) is 0.286. The summed E-state index contributed by atoms with van der Waals surface area (Å²) in [4.78, 5) is 3.78. The van der Waals surface area contributed by atoms with Gasteiger partial charge in [-0.25, -0.2) is 0 Å². The van der Waals surface area contributed by atoms with Crippen LogP contribution in [0.3, 0.4) is 0 Å². The summed E-state index contributed by atoms with van der Waals surface area (Å²) >= 11 is 0. The topological polar surface area (TPSA) is 56.3 Å². The summed E-state index contributed by atoms with van der Waals surface area (Å²) in [6.07, 6.45) is 4.49. The van der Waals surface area contributed by atoms with E-state index in [0.29, 0.717) is 0 Å². The van der Waals surface area contributed by atoms with Crippen LogP contribution in [-0.2, 0) is 14.3 Å². The third-order valence-corrected chi connectivity index (χ3v) is 1.47. The van der Waals surface area contributed by atoms with E-state index in [9.17, 15) is 8.42 Å². The molecule has 1 aromatic rings. The Hall–Kier alpha value is -0.940. The molecular weight excluding hydrogens is 178 g/mol. The third-order valence-electron chi connectivity index (χ3n) is 0.869. The lowest BCUT2D eigenvalue weighted by molar-refractivity contribution is 0.403. The number of nitrogens with zero attached hydrogens (tertiary/aromatic N) is 1. The normalized spacial score (nSPS) is 9.83. The molecule has 4 nitrogen and oxygen atoms in total. The van der Waals surface area contributed by atoms with Gasteiger partial charge in [0, 0.05) is 12.4 Å². The molecule has 0 N–H and O–H groups in total. The third kappa shape index (κ3) is 9.06. The van der Waals surface area contributed by atoms with E-state index in [2.05, 4.69) is 9.17 Å². The van der Waals surface area contributed by atoms with Crippen molar-refractivity contribution in [1.29, 1.82) is 0 Å². The van der Waals surface area contributed by atoms with Gasteiger partial charge in [0.25, 0.3) is 10.1 Å². The molecule has 0 aliphatic rings. The van der Waals surface area contributed by atoms with Crippen LogP contribution in [-0.4, -0.2) is 26.8 Å². The second kappa shape index (κ2) is 5.68. The van der Waals surface area contributed by atoms with Gasteiger partial charge in [0.1, 0.15) is 0 Å². The number of hydrogen-bond acceptors (Lipinski definition) is 4. The van der Waals surface area contributed by atoms with E-state index < -0.39 is 10.1 Å². The van der Waals surface area contributed by atoms with E-state index in [4.69, 9.17) is 0 Å². The lowest BCUT2D eigenvalue weighted by Crippen LogP contribution is -1.95. The van der Waals surface area contributed by atoms with Crippen molar-refractivity contribution in [3.8, 4) is 0 Å². The lowest BCUT2D eigenvalue weighted by atomic mass is 10.5. The largest absolute Gasteiger partial charge is 0.274 e. The molecule has 0 aliphatic carbocycles. The van der Waals surface area contributed by atoms with Crippen LogP contribution < -0.4 is 0 Å². The lowest BCUT2D eigenvalue weighted by Gasteiger charge is -1.84. The molecule has 0 atom stereocenters. The number of aromatic nitrogens is 1. The Morgan fingerprint density at radius 2 is 1.58 bits per heavy atom. The van der Waals surface area contributed by atoms with Crippen molar-refractivity contribution >= 4 is 10.1 Å². The van der Waals surface area contributed by atoms with Crippen LogP contribution in [0.5, 0.6) is 0 Å². The molecule has 0 spiro atoms. The maximum Gasteiger partial charge on any atom is 0.264 e. The number of rotatable bonds is 1.